The number of hydrogen-bond acceptors (Lipinski definition) is 2. The van der Waals surface area contributed by atoms with Gasteiger partial charge in [-0.15, -0.1) is 0 Å². The first kappa shape index (κ1) is 19.4. The van der Waals surface area contributed by atoms with E-state index in [-0.39, 0.29) is 0 Å². The second-order valence-electron chi connectivity index (χ2n) is 8.83. The molecule has 0 aliphatic rings. The topological polar surface area (TPSA) is 52.0 Å². The minimum atomic E-state index is 0.618. The van der Waals surface area contributed by atoms with Crippen molar-refractivity contribution < 1.29 is 0 Å². The minimum Gasteiger partial charge on any atom is -0.308 e. The molecular weight excluding hydrogens is 426 g/mol. The predicted molar refractivity (Wildman–Crippen MR) is 141 cm³/mol. The zero-order chi connectivity index (χ0) is 23.5. The Hall–Kier alpha value is -5.12. The van der Waals surface area contributed by atoms with Gasteiger partial charge >= 0.3 is 0 Å². The van der Waals surface area contributed by atoms with Gasteiger partial charge < -0.3 is 4.40 Å². The lowest BCUT2D eigenvalue weighted by Crippen LogP contribution is -1.86. The maximum Gasteiger partial charge on any atom is 0.0992 e. The van der Waals surface area contributed by atoms with Crippen molar-refractivity contribution in [2.75, 3.05) is 0 Å². The molecule has 0 saturated carbocycles. The van der Waals surface area contributed by atoms with Gasteiger partial charge in [0.05, 0.1) is 39.8 Å². The van der Waals surface area contributed by atoms with Gasteiger partial charge in [-0.3, -0.25) is 0 Å². The molecule has 2 heterocycles. The molecule has 0 fully saturated rings. The van der Waals surface area contributed by atoms with Crippen LogP contribution < -0.4 is 0 Å². The molecule has 0 aliphatic carbocycles. The molecule has 0 atom stereocenters. The Bertz CT molecular complexity index is 1860. The molecule has 0 bridgehead atoms. The monoisotopic (exact) mass is 443 g/mol. The predicted octanol–water partition coefficient (Wildman–Crippen LogP) is 7.91. The summed E-state index contributed by atoms with van der Waals surface area (Å²) in [5, 5.41) is 23.8. The molecule has 0 aliphatic heterocycles. The van der Waals surface area contributed by atoms with E-state index in [0.29, 0.717) is 11.1 Å². The third-order valence-corrected chi connectivity index (χ3v) is 6.97. The Kier molecular flexibility index (Phi) is 3.98. The van der Waals surface area contributed by atoms with Crippen LogP contribution in [-0.4, -0.2) is 4.40 Å². The zero-order valence-electron chi connectivity index (χ0n) is 18.7. The van der Waals surface area contributed by atoms with E-state index in [2.05, 4.69) is 83.3 Å². The molecule has 3 heteroatoms. The fourth-order valence-corrected chi connectivity index (χ4v) is 5.49. The molecule has 0 spiro atoms. The number of benzene rings is 5. The second-order valence-corrected chi connectivity index (χ2v) is 8.83. The number of rotatable bonds is 2. The Morgan fingerprint density at radius 3 is 1.40 bits per heavy atom. The molecule has 7 aromatic rings. The van der Waals surface area contributed by atoms with E-state index < -0.39 is 0 Å². The van der Waals surface area contributed by atoms with Gasteiger partial charge in [0.15, 0.2) is 0 Å². The largest absolute Gasteiger partial charge is 0.308 e. The van der Waals surface area contributed by atoms with Crippen LogP contribution in [0.1, 0.15) is 11.1 Å². The van der Waals surface area contributed by atoms with Crippen LogP contribution in [0.4, 0.5) is 0 Å². The average molecular weight is 444 g/mol. The van der Waals surface area contributed by atoms with E-state index in [4.69, 9.17) is 0 Å². The highest BCUT2D eigenvalue weighted by atomic mass is 14.9. The van der Waals surface area contributed by atoms with Gasteiger partial charge in [-0.2, -0.15) is 10.5 Å². The highest BCUT2D eigenvalue weighted by molar-refractivity contribution is 6.30. The fourth-order valence-electron chi connectivity index (χ4n) is 5.49. The van der Waals surface area contributed by atoms with Gasteiger partial charge in [-0.25, -0.2) is 0 Å². The van der Waals surface area contributed by atoms with Crippen molar-refractivity contribution in [3.63, 3.8) is 0 Å². The summed E-state index contributed by atoms with van der Waals surface area (Å²) in [6.45, 7) is 0. The molecule has 3 nitrogen and oxygen atoms in total. The molecule has 5 aromatic carbocycles. The summed E-state index contributed by atoms with van der Waals surface area (Å²) in [5.41, 5.74) is 8.94. The van der Waals surface area contributed by atoms with Gasteiger partial charge in [0, 0.05) is 21.5 Å². The Labute approximate surface area is 201 Å². The molecule has 2 aromatic heterocycles. The maximum atomic E-state index is 9.65. The number of nitrogens with zero attached hydrogens (tertiary/aromatic N) is 3. The van der Waals surface area contributed by atoms with E-state index >= 15 is 0 Å². The summed E-state index contributed by atoms with van der Waals surface area (Å²) in [6, 6.07) is 39.6. The quantitative estimate of drug-likeness (QED) is 0.272. The van der Waals surface area contributed by atoms with Crippen LogP contribution in [-0.2, 0) is 0 Å². The zero-order valence-corrected chi connectivity index (χ0v) is 18.7. The molecule has 0 saturated heterocycles. The van der Waals surface area contributed by atoms with E-state index in [1.165, 1.54) is 10.8 Å². The third kappa shape index (κ3) is 2.64. The maximum absolute atomic E-state index is 9.65. The highest BCUT2D eigenvalue weighted by Gasteiger charge is 2.24. The SMILES string of the molecule is N#Cc1ccc2c3c(-c4ccccc4)cc(-c4ccccc4)c4c5ccc(C#N)cc5n(c2c1)c34. The van der Waals surface area contributed by atoms with Crippen molar-refractivity contribution in [2.24, 2.45) is 0 Å². The minimum absolute atomic E-state index is 0.618. The Morgan fingerprint density at radius 2 is 0.971 bits per heavy atom. The van der Waals surface area contributed by atoms with Crippen molar-refractivity contribution in [3.8, 4) is 34.4 Å². The van der Waals surface area contributed by atoms with Gasteiger partial charge in [0.1, 0.15) is 0 Å². The first-order valence-electron chi connectivity index (χ1n) is 11.5. The molecule has 0 amide bonds. The van der Waals surface area contributed by atoms with Gasteiger partial charge in [-0.05, 0) is 52.6 Å². The molecule has 7 rings (SSSR count). The molecule has 0 radical (unpaired) electrons. The number of aromatic nitrogens is 1. The van der Waals surface area contributed by atoms with Crippen molar-refractivity contribution in [1.82, 2.24) is 4.40 Å². The molecule has 0 unspecified atom stereocenters. The van der Waals surface area contributed by atoms with E-state index in [9.17, 15) is 10.5 Å². The van der Waals surface area contributed by atoms with Crippen LogP contribution in [0.15, 0.2) is 103 Å². The first-order chi connectivity index (χ1) is 17.3. The molecular formula is C32H17N3. The van der Waals surface area contributed by atoms with E-state index in [1.54, 1.807) is 0 Å². The Balaban J connectivity index is 1.81. The van der Waals surface area contributed by atoms with Crippen LogP contribution in [0.3, 0.4) is 0 Å². The van der Waals surface area contributed by atoms with E-state index in [0.717, 1.165) is 49.6 Å². The fraction of sp³-hybridized carbons (Fsp3) is 0. The van der Waals surface area contributed by atoms with Gasteiger partial charge in [0.2, 0.25) is 0 Å². The first-order valence-corrected chi connectivity index (χ1v) is 11.5. The summed E-state index contributed by atoms with van der Waals surface area (Å²) in [5.74, 6) is 0. The normalized spacial score (nSPS) is 11.4. The molecule has 160 valence electrons. The molecule has 35 heavy (non-hydrogen) atoms. The van der Waals surface area contributed by atoms with Crippen LogP contribution in [0.5, 0.6) is 0 Å². The lowest BCUT2D eigenvalue weighted by atomic mass is 9.91. The van der Waals surface area contributed by atoms with Gasteiger partial charge in [0.25, 0.3) is 0 Å². The van der Waals surface area contributed by atoms with Crippen molar-refractivity contribution in [1.29, 1.82) is 10.5 Å². The van der Waals surface area contributed by atoms with Crippen molar-refractivity contribution in [2.45, 2.75) is 0 Å². The summed E-state index contributed by atoms with van der Waals surface area (Å²) in [6.07, 6.45) is 0. The Morgan fingerprint density at radius 1 is 0.514 bits per heavy atom. The summed E-state index contributed by atoms with van der Waals surface area (Å²) >= 11 is 0. The number of fused-ring (bicyclic) bond motifs is 6. The van der Waals surface area contributed by atoms with E-state index in [1.807, 2.05) is 36.4 Å². The lowest BCUT2D eigenvalue weighted by molar-refractivity contribution is 1.36. The van der Waals surface area contributed by atoms with Crippen LogP contribution in [0.25, 0.3) is 60.3 Å². The number of nitriles is 2. The second kappa shape index (κ2) is 7.19. The summed E-state index contributed by atoms with van der Waals surface area (Å²) in [4.78, 5) is 0. The summed E-state index contributed by atoms with van der Waals surface area (Å²) < 4.78 is 2.25. The van der Waals surface area contributed by atoms with Crippen LogP contribution in [0, 0.1) is 22.7 Å². The van der Waals surface area contributed by atoms with Crippen LogP contribution in [0.2, 0.25) is 0 Å². The van der Waals surface area contributed by atoms with Crippen molar-refractivity contribution in [3.05, 3.63) is 114 Å². The molecule has 0 N–H and O–H groups in total. The number of hydrogen-bond donors (Lipinski definition) is 0. The smallest absolute Gasteiger partial charge is 0.0992 e. The average Bonchev–Trinajstić information content (AvgIpc) is 3.44. The van der Waals surface area contributed by atoms with Crippen molar-refractivity contribution >= 4 is 38.1 Å². The lowest BCUT2D eigenvalue weighted by Gasteiger charge is -2.11. The summed E-state index contributed by atoms with van der Waals surface area (Å²) in [7, 11) is 0. The standard InChI is InChI=1S/C32H17N3/c33-18-20-11-13-24-28(15-20)35-29-16-21(19-34)12-14-25(29)31-27(23-9-5-2-6-10-23)17-26(30(24)32(31)35)22-7-3-1-4-8-22/h1-17H. The third-order valence-electron chi connectivity index (χ3n) is 6.97. The highest BCUT2D eigenvalue weighted by Crippen LogP contribution is 2.48. The van der Waals surface area contributed by atoms with Crippen LogP contribution >= 0.6 is 0 Å². The van der Waals surface area contributed by atoms with Gasteiger partial charge in [-0.1, -0.05) is 72.8 Å².